The largest absolute Gasteiger partial charge is 0.496 e. The van der Waals surface area contributed by atoms with Crippen LogP contribution >= 0.6 is 0 Å². The first-order valence-corrected chi connectivity index (χ1v) is 11.0. The molecular formula is C29H32O. The zero-order chi connectivity index (χ0) is 21.6. The first-order valence-electron chi connectivity index (χ1n) is 11.0. The number of hydrogen-bond acceptors (Lipinski definition) is 1. The highest BCUT2D eigenvalue weighted by atomic mass is 16.5. The van der Waals surface area contributed by atoms with Crippen LogP contribution in [0, 0.1) is 13.8 Å². The zero-order valence-electron chi connectivity index (χ0n) is 19.3. The van der Waals surface area contributed by atoms with E-state index >= 15 is 0 Å². The summed E-state index contributed by atoms with van der Waals surface area (Å²) in [7, 11) is 1.76. The lowest BCUT2D eigenvalue weighted by Crippen LogP contribution is -1.97. The van der Waals surface area contributed by atoms with Crippen LogP contribution in [0.15, 0.2) is 54.6 Å². The molecule has 30 heavy (non-hydrogen) atoms. The SMILES string of the molecule is COc1ccc2cc(-c3cc4cccc(C(C)C)c4cc3C)c(C)cc2c1C(C)C. The molecule has 0 bridgehead atoms. The van der Waals surface area contributed by atoms with Crippen LogP contribution in [0.1, 0.15) is 61.8 Å². The first-order chi connectivity index (χ1) is 14.3. The highest BCUT2D eigenvalue weighted by Gasteiger charge is 2.16. The summed E-state index contributed by atoms with van der Waals surface area (Å²) in [6.07, 6.45) is 0. The summed E-state index contributed by atoms with van der Waals surface area (Å²) < 4.78 is 5.67. The highest BCUT2D eigenvalue weighted by molar-refractivity contribution is 5.96. The molecule has 4 aromatic carbocycles. The van der Waals surface area contributed by atoms with Crippen LogP contribution in [0.3, 0.4) is 0 Å². The van der Waals surface area contributed by atoms with E-state index in [1.165, 1.54) is 54.9 Å². The lowest BCUT2D eigenvalue weighted by Gasteiger charge is -2.19. The average Bonchev–Trinajstić information content (AvgIpc) is 2.71. The van der Waals surface area contributed by atoms with Crippen molar-refractivity contribution in [2.24, 2.45) is 0 Å². The predicted octanol–water partition coefficient (Wildman–Crippen LogP) is 8.53. The molecule has 0 fully saturated rings. The molecule has 0 atom stereocenters. The normalized spacial score (nSPS) is 11.8. The van der Waals surface area contributed by atoms with Gasteiger partial charge in [0.1, 0.15) is 5.75 Å². The van der Waals surface area contributed by atoms with Gasteiger partial charge in [-0.1, -0.05) is 64.1 Å². The van der Waals surface area contributed by atoms with Crippen molar-refractivity contribution in [2.75, 3.05) is 7.11 Å². The second-order valence-electron chi connectivity index (χ2n) is 9.11. The van der Waals surface area contributed by atoms with Gasteiger partial charge >= 0.3 is 0 Å². The Hall–Kier alpha value is -2.80. The monoisotopic (exact) mass is 396 g/mol. The molecule has 0 saturated heterocycles. The van der Waals surface area contributed by atoms with E-state index in [2.05, 4.69) is 96.1 Å². The fourth-order valence-corrected chi connectivity index (χ4v) is 4.80. The Bertz CT molecular complexity index is 1240. The lowest BCUT2D eigenvalue weighted by molar-refractivity contribution is 0.408. The number of benzene rings is 4. The summed E-state index contributed by atoms with van der Waals surface area (Å²) in [6.45, 7) is 13.5. The number of rotatable bonds is 4. The maximum atomic E-state index is 5.67. The van der Waals surface area contributed by atoms with E-state index in [4.69, 9.17) is 4.74 Å². The Balaban J connectivity index is 1.97. The second-order valence-corrected chi connectivity index (χ2v) is 9.11. The van der Waals surface area contributed by atoms with Crippen LogP contribution in [0.2, 0.25) is 0 Å². The Morgan fingerprint density at radius 3 is 1.83 bits per heavy atom. The molecule has 0 spiro atoms. The van der Waals surface area contributed by atoms with E-state index < -0.39 is 0 Å². The zero-order valence-corrected chi connectivity index (χ0v) is 19.3. The molecule has 0 aliphatic heterocycles. The van der Waals surface area contributed by atoms with Crippen LogP contribution in [-0.4, -0.2) is 7.11 Å². The molecule has 0 N–H and O–H groups in total. The van der Waals surface area contributed by atoms with Crippen LogP contribution in [0.4, 0.5) is 0 Å². The van der Waals surface area contributed by atoms with Crippen molar-refractivity contribution in [3.05, 3.63) is 76.9 Å². The van der Waals surface area contributed by atoms with Crippen LogP contribution in [0.25, 0.3) is 32.7 Å². The number of fused-ring (bicyclic) bond motifs is 2. The highest BCUT2D eigenvalue weighted by Crippen LogP contribution is 2.39. The minimum absolute atomic E-state index is 0.408. The molecule has 1 heteroatoms. The third-order valence-electron chi connectivity index (χ3n) is 6.33. The molecule has 0 unspecified atom stereocenters. The van der Waals surface area contributed by atoms with Crippen molar-refractivity contribution in [1.82, 2.24) is 0 Å². The molecule has 154 valence electrons. The van der Waals surface area contributed by atoms with Gasteiger partial charge in [-0.15, -0.1) is 0 Å². The lowest BCUT2D eigenvalue weighted by atomic mass is 9.87. The van der Waals surface area contributed by atoms with E-state index in [9.17, 15) is 0 Å². The molecule has 0 aliphatic rings. The van der Waals surface area contributed by atoms with Crippen molar-refractivity contribution in [1.29, 1.82) is 0 Å². The van der Waals surface area contributed by atoms with Gasteiger partial charge in [0.15, 0.2) is 0 Å². The minimum atomic E-state index is 0.408. The molecule has 1 nitrogen and oxygen atoms in total. The van der Waals surface area contributed by atoms with E-state index in [0.29, 0.717) is 11.8 Å². The third kappa shape index (κ3) is 3.37. The van der Waals surface area contributed by atoms with Crippen LogP contribution in [-0.2, 0) is 0 Å². The molecule has 0 saturated carbocycles. The number of hydrogen-bond donors (Lipinski definition) is 0. The molecule has 0 aromatic heterocycles. The van der Waals surface area contributed by atoms with E-state index in [1.807, 2.05) is 0 Å². The maximum absolute atomic E-state index is 5.67. The fraction of sp³-hybridized carbons (Fsp3) is 0.310. The van der Waals surface area contributed by atoms with Crippen molar-refractivity contribution in [3.8, 4) is 16.9 Å². The van der Waals surface area contributed by atoms with Gasteiger partial charge < -0.3 is 4.74 Å². The number of methoxy groups -OCH3 is 1. The third-order valence-corrected chi connectivity index (χ3v) is 6.33. The molecular weight excluding hydrogens is 364 g/mol. The fourth-order valence-electron chi connectivity index (χ4n) is 4.80. The molecule has 0 heterocycles. The van der Waals surface area contributed by atoms with Gasteiger partial charge in [-0.05, 0) is 93.2 Å². The summed E-state index contributed by atoms with van der Waals surface area (Å²) in [5.41, 5.74) is 7.99. The number of ether oxygens (including phenoxy) is 1. The van der Waals surface area contributed by atoms with Crippen molar-refractivity contribution < 1.29 is 4.74 Å². The minimum Gasteiger partial charge on any atom is -0.496 e. The van der Waals surface area contributed by atoms with Crippen LogP contribution in [0.5, 0.6) is 5.75 Å². The van der Waals surface area contributed by atoms with E-state index in [1.54, 1.807) is 7.11 Å². The Morgan fingerprint density at radius 1 is 0.667 bits per heavy atom. The Labute approximate surface area is 180 Å². The average molecular weight is 397 g/mol. The summed E-state index contributed by atoms with van der Waals surface area (Å²) in [4.78, 5) is 0. The van der Waals surface area contributed by atoms with E-state index in [-0.39, 0.29) is 0 Å². The summed E-state index contributed by atoms with van der Waals surface area (Å²) in [5.74, 6) is 1.91. The molecule has 4 rings (SSSR count). The van der Waals surface area contributed by atoms with Crippen molar-refractivity contribution in [2.45, 2.75) is 53.4 Å². The van der Waals surface area contributed by atoms with Crippen molar-refractivity contribution in [3.63, 3.8) is 0 Å². The molecule has 0 amide bonds. The van der Waals surface area contributed by atoms with Gasteiger partial charge in [0.25, 0.3) is 0 Å². The second kappa shape index (κ2) is 7.80. The number of aryl methyl sites for hydroxylation is 2. The molecule has 4 aromatic rings. The first kappa shape index (κ1) is 20.5. The van der Waals surface area contributed by atoms with E-state index in [0.717, 1.165) is 5.75 Å². The van der Waals surface area contributed by atoms with Gasteiger partial charge in [-0.3, -0.25) is 0 Å². The topological polar surface area (TPSA) is 9.23 Å². The Kier molecular flexibility index (Phi) is 5.32. The van der Waals surface area contributed by atoms with Crippen LogP contribution < -0.4 is 4.74 Å². The van der Waals surface area contributed by atoms with Gasteiger partial charge in [0.2, 0.25) is 0 Å². The standard InChI is InChI=1S/C29H32O/c1-17(2)23-10-8-9-21-15-24(19(5)13-26(21)23)25-16-22-11-12-28(30-7)29(18(3)4)27(22)14-20(25)6/h8-18H,1-7H3. The summed E-state index contributed by atoms with van der Waals surface area (Å²) >= 11 is 0. The van der Waals surface area contributed by atoms with Gasteiger partial charge in [0, 0.05) is 5.56 Å². The molecule has 0 aliphatic carbocycles. The smallest absolute Gasteiger partial charge is 0.122 e. The van der Waals surface area contributed by atoms with Gasteiger partial charge in [-0.25, -0.2) is 0 Å². The maximum Gasteiger partial charge on any atom is 0.122 e. The molecule has 0 radical (unpaired) electrons. The quantitative estimate of drug-likeness (QED) is 0.336. The summed E-state index contributed by atoms with van der Waals surface area (Å²) in [5, 5.41) is 5.26. The van der Waals surface area contributed by atoms with Gasteiger partial charge in [0.05, 0.1) is 7.11 Å². The summed E-state index contributed by atoms with van der Waals surface area (Å²) in [6, 6.07) is 20.4. The Morgan fingerprint density at radius 2 is 1.27 bits per heavy atom. The van der Waals surface area contributed by atoms with Gasteiger partial charge in [-0.2, -0.15) is 0 Å². The predicted molar refractivity (Wildman–Crippen MR) is 131 cm³/mol. The van der Waals surface area contributed by atoms with Crippen molar-refractivity contribution >= 4 is 21.5 Å².